The Morgan fingerprint density at radius 3 is 1.93 bits per heavy atom. The molecule has 470 valence electrons. The first kappa shape index (κ1) is 72.8. The molecule has 0 bridgehead atoms. The van der Waals surface area contributed by atoms with Crippen LogP contribution in [0.25, 0.3) is 10.8 Å². The molecule has 15 nitrogen and oxygen atoms in total. The predicted molar refractivity (Wildman–Crippen MR) is 342 cm³/mol. The zero-order chi connectivity index (χ0) is 62.9. The number of aromatic amines is 1. The summed E-state index contributed by atoms with van der Waals surface area (Å²) in [6.45, 7) is 35.2. The molecule has 4 saturated heterocycles. The van der Waals surface area contributed by atoms with Gasteiger partial charge in [-0.2, -0.15) is 5.10 Å². The lowest BCUT2D eigenvalue weighted by atomic mass is 9.83. The Labute approximate surface area is 507 Å². The van der Waals surface area contributed by atoms with Crippen molar-refractivity contribution in [1.29, 1.82) is 0 Å². The molecule has 3 N–H and O–H groups in total. The van der Waals surface area contributed by atoms with Crippen LogP contribution in [0.5, 0.6) is 0 Å². The summed E-state index contributed by atoms with van der Waals surface area (Å²) in [6, 6.07) is 19.9. The third-order valence-corrected chi connectivity index (χ3v) is 16.0. The topological polar surface area (TPSA) is 171 Å². The van der Waals surface area contributed by atoms with E-state index in [-0.39, 0.29) is 35.0 Å². The fourth-order valence-electron chi connectivity index (χ4n) is 10.9. The molecule has 0 spiro atoms. The maximum atomic E-state index is 14.1. The molecule has 85 heavy (non-hydrogen) atoms. The number of aromatic nitrogens is 2. The number of alkyl halides is 1. The normalized spacial score (nSPS) is 17.9. The Bertz CT molecular complexity index is 2710. The van der Waals surface area contributed by atoms with E-state index in [0.717, 1.165) is 120 Å². The number of nitrogens with zero attached hydrogens (tertiary/aromatic N) is 6. The van der Waals surface area contributed by atoms with E-state index in [1.807, 2.05) is 87.7 Å². The van der Waals surface area contributed by atoms with E-state index in [9.17, 15) is 37.5 Å². The van der Waals surface area contributed by atoms with Gasteiger partial charge in [0.25, 0.3) is 11.5 Å². The van der Waals surface area contributed by atoms with E-state index in [2.05, 4.69) is 49.9 Å². The standard InChI is InChI=1S/C37H57N7O4.C16H13FN2O.C5H9FO.C4H6.3C2H6/c45-28-42-18-20-43(21-19-42)34(46)27-40-14-11-29(12-15-40)26-41-16-22-44(23-17-41)37(48)35(30-6-2-1-3-7-30)39-36(47)32-9-4-8-31(24-32)33-10-5-13-38-25-33;1-10-8-11(6-7-14(10)17)9-15-12-4-2-3-5-13(12)16(20)19-18-15;1-4(7)5(2,3)6;1-3-4-2;3*1-2/h4,8-9,24,28-30,33,35,38H,1-3,5-7,10-23,25-27H2,(H,39,47);2-8H,9H2,1H3,(H,19,20);1-3H3;3-4H,1-2H2;3*1-2H3. The molecule has 4 amide bonds. The number of fused-ring (bicyclic) bond motifs is 1. The Hall–Kier alpha value is -6.43. The summed E-state index contributed by atoms with van der Waals surface area (Å²) in [5.41, 5.74) is 2.39. The van der Waals surface area contributed by atoms with Gasteiger partial charge >= 0.3 is 0 Å². The first-order chi connectivity index (χ1) is 41.0. The third-order valence-electron chi connectivity index (χ3n) is 16.0. The number of Topliss-reactive ketones (excluding diaryl/α,β-unsaturated/α-hetero) is 1. The highest BCUT2D eigenvalue weighted by molar-refractivity contribution is 5.98. The van der Waals surface area contributed by atoms with E-state index < -0.39 is 17.5 Å². The molecule has 1 saturated carbocycles. The zero-order valence-electron chi connectivity index (χ0n) is 53.2. The number of aryl methyl sites for hydroxylation is 1. The van der Waals surface area contributed by atoms with Crippen molar-refractivity contribution in [1.82, 2.24) is 45.3 Å². The number of piperidine rings is 2. The number of benzene rings is 3. The quantitative estimate of drug-likeness (QED) is 0.0815. The van der Waals surface area contributed by atoms with Crippen LogP contribution in [0.15, 0.2) is 96.8 Å². The molecule has 5 fully saturated rings. The number of piperazine rings is 2. The highest BCUT2D eigenvalue weighted by atomic mass is 19.1. The van der Waals surface area contributed by atoms with E-state index in [0.29, 0.717) is 80.6 Å². The molecule has 5 aliphatic rings. The highest BCUT2D eigenvalue weighted by Gasteiger charge is 2.36. The lowest BCUT2D eigenvalue weighted by Crippen LogP contribution is -2.57. The van der Waals surface area contributed by atoms with Gasteiger partial charge in [0.15, 0.2) is 11.5 Å². The molecule has 9 rings (SSSR count). The van der Waals surface area contributed by atoms with Gasteiger partial charge in [-0.05, 0) is 145 Å². The summed E-state index contributed by atoms with van der Waals surface area (Å²) < 4.78 is 25.4. The van der Waals surface area contributed by atoms with E-state index >= 15 is 0 Å². The molecule has 17 heteroatoms. The number of hydrogen-bond acceptors (Lipinski definition) is 10. The number of likely N-dealkylation sites (tertiary alicyclic amines) is 1. The summed E-state index contributed by atoms with van der Waals surface area (Å²) in [7, 11) is 0. The first-order valence-corrected chi connectivity index (χ1v) is 31.4. The number of carbonyl (C=O) groups excluding carboxylic acids is 5. The number of H-pyrrole nitrogens is 1. The van der Waals surface area contributed by atoms with E-state index in [4.69, 9.17) is 0 Å². The van der Waals surface area contributed by atoms with Crippen LogP contribution in [0.4, 0.5) is 8.78 Å². The number of ketones is 1. The number of amides is 4. The number of carbonyl (C=O) groups is 5. The smallest absolute Gasteiger partial charge is 0.272 e. The van der Waals surface area contributed by atoms with Gasteiger partial charge in [0.2, 0.25) is 18.2 Å². The van der Waals surface area contributed by atoms with Crippen LogP contribution in [0.1, 0.15) is 159 Å². The second-order valence-electron chi connectivity index (χ2n) is 22.2. The van der Waals surface area contributed by atoms with Crippen LogP contribution in [-0.2, 0) is 25.6 Å². The molecule has 4 aromatic rings. The van der Waals surface area contributed by atoms with E-state index in [1.54, 1.807) is 42.2 Å². The average Bonchev–Trinajstić information content (AvgIpc) is 3.32. The predicted octanol–water partition coefficient (Wildman–Crippen LogP) is 10.7. The van der Waals surface area contributed by atoms with Gasteiger partial charge in [0.1, 0.15) is 11.9 Å². The highest BCUT2D eigenvalue weighted by Crippen LogP contribution is 2.29. The molecular formula is C68H103F2N9O6. The summed E-state index contributed by atoms with van der Waals surface area (Å²) in [4.78, 5) is 83.7. The molecule has 0 radical (unpaired) electrons. The maximum absolute atomic E-state index is 14.1. The molecule has 1 aliphatic carbocycles. The van der Waals surface area contributed by atoms with Gasteiger partial charge in [-0.3, -0.25) is 38.6 Å². The fourth-order valence-corrected chi connectivity index (χ4v) is 10.9. The number of nitrogens with one attached hydrogen (secondary N) is 3. The first-order valence-electron chi connectivity index (χ1n) is 31.4. The van der Waals surface area contributed by atoms with Gasteiger partial charge in [0.05, 0.1) is 17.6 Å². The molecule has 4 aliphatic heterocycles. The maximum Gasteiger partial charge on any atom is 0.272 e. The Morgan fingerprint density at radius 2 is 1.36 bits per heavy atom. The summed E-state index contributed by atoms with van der Waals surface area (Å²) in [6.07, 6.45) is 14.6. The lowest BCUT2D eigenvalue weighted by Gasteiger charge is -2.41. The average molecular weight is 1180 g/mol. The Balaban J connectivity index is 0.000000418. The Kier molecular flexibility index (Phi) is 33.7. The summed E-state index contributed by atoms with van der Waals surface area (Å²) in [5.74, 6) is 0.720. The third kappa shape index (κ3) is 24.1. The SMILES string of the molecule is C=CC=C.CC.CC.CC.CC(=O)C(C)(C)F.Cc1cc(Cc2n[nH]c(=O)c3ccccc23)ccc1F.O=CN1CCN(C(=O)CN2CCC(CN3CCN(C(=O)C(NC(=O)c4cccc(C5CCCNC5)c4)C4CCCCC4)CC3)CC2)CC1. The largest absolute Gasteiger partial charge is 0.342 e. The van der Waals surface area contributed by atoms with Crippen LogP contribution in [0.3, 0.4) is 0 Å². The van der Waals surface area contributed by atoms with Crippen molar-refractivity contribution in [3.05, 3.63) is 136 Å². The van der Waals surface area contributed by atoms with Gasteiger partial charge < -0.3 is 25.3 Å². The van der Waals surface area contributed by atoms with Crippen LogP contribution < -0.4 is 16.2 Å². The van der Waals surface area contributed by atoms with Crippen LogP contribution in [-0.4, -0.2) is 168 Å². The minimum Gasteiger partial charge on any atom is -0.342 e. The minimum atomic E-state index is -1.64. The van der Waals surface area contributed by atoms with Gasteiger partial charge in [-0.15, -0.1) is 0 Å². The number of rotatable bonds is 14. The second kappa shape index (κ2) is 39.3. The van der Waals surface area contributed by atoms with E-state index in [1.165, 1.54) is 38.8 Å². The van der Waals surface area contributed by atoms with Crippen molar-refractivity contribution in [2.45, 2.75) is 151 Å². The van der Waals surface area contributed by atoms with Gasteiger partial charge in [-0.1, -0.05) is 129 Å². The number of halogens is 2. The molecule has 5 heterocycles. The van der Waals surface area contributed by atoms with Crippen molar-refractivity contribution >= 4 is 40.7 Å². The van der Waals surface area contributed by atoms with Crippen molar-refractivity contribution in [3.8, 4) is 0 Å². The summed E-state index contributed by atoms with van der Waals surface area (Å²) in [5, 5.41) is 14.8. The Morgan fingerprint density at radius 1 is 0.753 bits per heavy atom. The zero-order valence-corrected chi connectivity index (χ0v) is 53.2. The van der Waals surface area contributed by atoms with Gasteiger partial charge in [-0.25, -0.2) is 13.9 Å². The number of hydrogen-bond donors (Lipinski definition) is 3. The lowest BCUT2D eigenvalue weighted by molar-refractivity contribution is -0.137. The van der Waals surface area contributed by atoms with Crippen molar-refractivity contribution in [3.63, 3.8) is 0 Å². The molecule has 1 aromatic heterocycles. The van der Waals surface area contributed by atoms with Crippen molar-refractivity contribution in [2.75, 3.05) is 91.6 Å². The monoisotopic (exact) mass is 1180 g/mol. The fraction of sp³-hybridized carbons (Fsp3) is 0.574. The van der Waals surface area contributed by atoms with Crippen molar-refractivity contribution in [2.24, 2.45) is 11.8 Å². The second-order valence-corrected chi connectivity index (χ2v) is 22.2. The molecule has 2 atom stereocenters. The van der Waals surface area contributed by atoms with Crippen LogP contribution in [0, 0.1) is 24.6 Å². The molecule has 2 unspecified atom stereocenters. The molecule has 3 aromatic carbocycles. The number of allylic oxidation sites excluding steroid dienone is 2. The van der Waals surface area contributed by atoms with Crippen LogP contribution in [0.2, 0.25) is 0 Å². The van der Waals surface area contributed by atoms with Crippen molar-refractivity contribution < 1.29 is 32.8 Å². The minimum absolute atomic E-state index is 0.0908. The molecular weight excluding hydrogens is 1080 g/mol. The van der Waals surface area contributed by atoms with Crippen LogP contribution >= 0.6 is 0 Å². The van der Waals surface area contributed by atoms with Gasteiger partial charge in [0, 0.05) is 82.8 Å². The summed E-state index contributed by atoms with van der Waals surface area (Å²) >= 11 is 0.